The molecule has 2 heterocycles. The summed E-state index contributed by atoms with van der Waals surface area (Å²) in [6, 6.07) is 9.24. The Morgan fingerprint density at radius 1 is 1.08 bits per heavy atom. The van der Waals surface area contributed by atoms with Crippen molar-refractivity contribution in [3.8, 4) is 5.82 Å². The summed E-state index contributed by atoms with van der Waals surface area (Å²) in [5.74, 6) is 1.35. The molecule has 0 amide bonds. The lowest BCUT2D eigenvalue weighted by Gasteiger charge is -2.03. The minimum atomic E-state index is -3.74. The van der Waals surface area contributed by atoms with Crippen LogP contribution in [0.3, 0.4) is 0 Å². The second-order valence-electron chi connectivity index (χ2n) is 4.93. The van der Waals surface area contributed by atoms with Crippen molar-refractivity contribution >= 4 is 33.4 Å². The molecule has 0 aliphatic carbocycles. The fraction of sp³-hybridized carbons (Fsp3) is 0.0769. The normalized spacial score (nSPS) is 11.3. The fourth-order valence-electron chi connectivity index (χ4n) is 1.97. The van der Waals surface area contributed by atoms with Gasteiger partial charge in [-0.1, -0.05) is 0 Å². The number of sulfonamides is 1. The van der Waals surface area contributed by atoms with Gasteiger partial charge < -0.3 is 16.4 Å². The van der Waals surface area contributed by atoms with Crippen molar-refractivity contribution in [2.45, 2.75) is 4.90 Å². The van der Waals surface area contributed by atoms with Crippen molar-refractivity contribution < 1.29 is 8.42 Å². The molecule has 0 aliphatic heterocycles. The van der Waals surface area contributed by atoms with E-state index in [1.54, 1.807) is 19.2 Å². The third-order valence-corrected chi connectivity index (χ3v) is 4.12. The average molecular weight is 361 g/mol. The van der Waals surface area contributed by atoms with E-state index in [9.17, 15) is 8.42 Å². The van der Waals surface area contributed by atoms with Gasteiger partial charge in [0.2, 0.25) is 21.9 Å². The number of rotatable bonds is 5. The second kappa shape index (κ2) is 6.33. The van der Waals surface area contributed by atoms with Gasteiger partial charge in [-0.15, -0.1) is 15.3 Å². The van der Waals surface area contributed by atoms with Crippen LogP contribution < -0.4 is 21.5 Å². The molecule has 1 aromatic carbocycles. The number of nitrogens with two attached hydrogens (primary N) is 2. The summed E-state index contributed by atoms with van der Waals surface area (Å²) in [5, 5.41) is 23.0. The molecule has 0 fully saturated rings. The maximum atomic E-state index is 11.2. The Hall–Kier alpha value is -3.25. The summed E-state index contributed by atoms with van der Waals surface area (Å²) in [6.45, 7) is 0. The largest absolute Gasteiger partial charge is 0.372 e. The lowest BCUT2D eigenvalue weighted by Crippen LogP contribution is -2.11. The van der Waals surface area contributed by atoms with Gasteiger partial charge in [-0.3, -0.25) is 0 Å². The fourth-order valence-corrected chi connectivity index (χ4v) is 2.49. The number of nitrogens with one attached hydrogen (secondary N) is 2. The van der Waals surface area contributed by atoms with E-state index >= 15 is 0 Å². The van der Waals surface area contributed by atoms with Gasteiger partial charge in [-0.2, -0.15) is 9.67 Å². The predicted octanol–water partition coefficient (Wildman–Crippen LogP) is 0.0722. The summed E-state index contributed by atoms with van der Waals surface area (Å²) < 4.78 is 23.8. The molecule has 0 saturated heterocycles. The van der Waals surface area contributed by atoms with E-state index in [-0.39, 0.29) is 16.8 Å². The highest BCUT2D eigenvalue weighted by Gasteiger charge is 2.12. The zero-order valence-electron chi connectivity index (χ0n) is 13.1. The highest BCUT2D eigenvalue weighted by Crippen LogP contribution is 2.18. The molecule has 11 nitrogen and oxygen atoms in total. The van der Waals surface area contributed by atoms with Gasteiger partial charge in [0.1, 0.15) is 5.82 Å². The van der Waals surface area contributed by atoms with E-state index in [4.69, 9.17) is 10.9 Å². The predicted molar refractivity (Wildman–Crippen MR) is 92.0 cm³/mol. The van der Waals surface area contributed by atoms with Crippen molar-refractivity contribution in [1.29, 1.82) is 0 Å². The SMILES string of the molecule is CNc1ccc(-n2nc(Nc3ccc(S(N)(=O)=O)cc3)nc2N)nn1. The molecule has 0 atom stereocenters. The molecular weight excluding hydrogens is 346 g/mol. The van der Waals surface area contributed by atoms with Crippen LogP contribution in [0.2, 0.25) is 0 Å². The Morgan fingerprint density at radius 2 is 1.80 bits per heavy atom. The molecule has 25 heavy (non-hydrogen) atoms. The van der Waals surface area contributed by atoms with Crippen LogP contribution in [0.4, 0.5) is 23.4 Å². The smallest absolute Gasteiger partial charge is 0.248 e. The van der Waals surface area contributed by atoms with Crippen molar-refractivity contribution in [3.63, 3.8) is 0 Å². The Kier molecular flexibility index (Phi) is 4.21. The summed E-state index contributed by atoms with van der Waals surface area (Å²) >= 11 is 0. The van der Waals surface area contributed by atoms with Crippen molar-refractivity contribution in [1.82, 2.24) is 25.0 Å². The Labute approximate surface area is 143 Å². The molecule has 0 radical (unpaired) electrons. The summed E-state index contributed by atoms with van der Waals surface area (Å²) in [6.07, 6.45) is 0. The number of nitrogen functional groups attached to an aromatic ring is 1. The van der Waals surface area contributed by atoms with Gasteiger partial charge in [0.25, 0.3) is 0 Å². The third-order valence-electron chi connectivity index (χ3n) is 3.19. The maximum Gasteiger partial charge on any atom is 0.248 e. The molecule has 12 heteroatoms. The molecule has 3 aromatic rings. The Balaban J connectivity index is 1.82. The van der Waals surface area contributed by atoms with E-state index in [2.05, 4.69) is 30.9 Å². The lowest BCUT2D eigenvalue weighted by molar-refractivity contribution is 0.598. The first-order valence-electron chi connectivity index (χ1n) is 7.01. The van der Waals surface area contributed by atoms with Gasteiger partial charge in [0.15, 0.2) is 5.82 Å². The van der Waals surface area contributed by atoms with E-state index in [1.807, 2.05) is 0 Å². The van der Waals surface area contributed by atoms with E-state index in [0.29, 0.717) is 17.3 Å². The Morgan fingerprint density at radius 3 is 2.36 bits per heavy atom. The Bertz CT molecular complexity index is 981. The highest BCUT2D eigenvalue weighted by atomic mass is 32.2. The summed E-state index contributed by atoms with van der Waals surface area (Å²) in [4.78, 5) is 4.10. The third kappa shape index (κ3) is 3.64. The number of primary sulfonamides is 1. The number of anilines is 4. The number of nitrogens with zero attached hydrogens (tertiary/aromatic N) is 5. The van der Waals surface area contributed by atoms with Gasteiger partial charge >= 0.3 is 0 Å². The zero-order valence-corrected chi connectivity index (χ0v) is 13.9. The quantitative estimate of drug-likeness (QED) is 0.491. The van der Waals surface area contributed by atoms with Gasteiger partial charge in [-0.25, -0.2) is 13.6 Å². The van der Waals surface area contributed by atoms with Gasteiger partial charge in [0.05, 0.1) is 4.90 Å². The molecule has 130 valence electrons. The number of aromatic nitrogens is 5. The monoisotopic (exact) mass is 361 g/mol. The van der Waals surface area contributed by atoms with Crippen molar-refractivity contribution in [3.05, 3.63) is 36.4 Å². The van der Waals surface area contributed by atoms with Crippen LogP contribution in [0.1, 0.15) is 0 Å². The molecule has 0 aliphatic rings. The zero-order chi connectivity index (χ0) is 18.0. The molecular formula is C13H15N9O2S. The maximum absolute atomic E-state index is 11.2. The van der Waals surface area contributed by atoms with Crippen LogP contribution in [-0.4, -0.2) is 40.4 Å². The molecule has 3 rings (SSSR count). The molecule has 0 spiro atoms. The lowest BCUT2D eigenvalue weighted by atomic mass is 10.3. The van der Waals surface area contributed by atoms with Crippen LogP contribution in [-0.2, 0) is 10.0 Å². The molecule has 6 N–H and O–H groups in total. The summed E-state index contributed by atoms with van der Waals surface area (Å²) in [5.41, 5.74) is 6.42. The molecule has 2 aromatic heterocycles. The number of hydrogen-bond donors (Lipinski definition) is 4. The van der Waals surface area contributed by atoms with Crippen molar-refractivity contribution in [2.24, 2.45) is 5.14 Å². The topological polar surface area (TPSA) is 167 Å². The molecule has 0 saturated carbocycles. The van der Waals surface area contributed by atoms with Crippen LogP contribution in [0.25, 0.3) is 5.82 Å². The highest BCUT2D eigenvalue weighted by molar-refractivity contribution is 7.89. The van der Waals surface area contributed by atoms with E-state index < -0.39 is 10.0 Å². The first kappa shape index (κ1) is 16.6. The van der Waals surface area contributed by atoms with E-state index in [1.165, 1.54) is 28.9 Å². The van der Waals surface area contributed by atoms with Crippen LogP contribution in [0.5, 0.6) is 0 Å². The minimum absolute atomic E-state index is 0.0101. The standard InChI is InChI=1S/C13H15N9O2S/c1-16-10-6-7-11(20-19-10)22-12(14)18-13(21-22)17-8-2-4-9(5-3-8)25(15,23)24/h2-7H,1H3,(H,16,19)(H2,15,23,24)(H3,14,17,18,21). The number of benzene rings is 1. The average Bonchev–Trinajstić information content (AvgIpc) is 2.95. The first-order valence-corrected chi connectivity index (χ1v) is 8.56. The van der Waals surface area contributed by atoms with Crippen LogP contribution in [0.15, 0.2) is 41.3 Å². The van der Waals surface area contributed by atoms with Crippen LogP contribution in [0, 0.1) is 0 Å². The van der Waals surface area contributed by atoms with Gasteiger partial charge in [0, 0.05) is 12.7 Å². The van der Waals surface area contributed by atoms with E-state index in [0.717, 1.165) is 0 Å². The number of hydrogen-bond acceptors (Lipinski definition) is 9. The van der Waals surface area contributed by atoms with Crippen molar-refractivity contribution in [2.75, 3.05) is 23.4 Å². The van der Waals surface area contributed by atoms with Crippen LogP contribution >= 0.6 is 0 Å². The minimum Gasteiger partial charge on any atom is -0.372 e. The second-order valence-corrected chi connectivity index (χ2v) is 6.49. The molecule has 0 bridgehead atoms. The van der Waals surface area contributed by atoms with Gasteiger partial charge in [-0.05, 0) is 36.4 Å². The first-order chi connectivity index (χ1) is 11.9. The summed E-state index contributed by atoms with van der Waals surface area (Å²) in [7, 11) is -2.01. The molecule has 0 unspecified atom stereocenters.